The number of carboxylic acid groups (broad SMARTS) is 1. The van der Waals surface area contributed by atoms with Gasteiger partial charge < -0.3 is 20.9 Å². The average Bonchev–Trinajstić information content (AvgIpc) is 3.11. The third-order valence-corrected chi connectivity index (χ3v) is 10.1. The number of ether oxygens (including phenoxy) is 1. The van der Waals surface area contributed by atoms with Crippen LogP contribution in [0.1, 0.15) is 232 Å². The van der Waals surface area contributed by atoms with Gasteiger partial charge in [0.05, 0.1) is 0 Å². The topological polar surface area (TPSA) is 119 Å². The molecule has 0 aliphatic carbocycles. The lowest BCUT2D eigenvalue weighted by Crippen LogP contribution is -2.40. The maximum atomic E-state index is 12.8. The maximum absolute atomic E-state index is 12.8. The Morgan fingerprint density at radius 3 is 1.49 bits per heavy atom. The summed E-state index contributed by atoms with van der Waals surface area (Å²) >= 11 is 0. The maximum Gasteiger partial charge on any atom is 0.326 e. The molecule has 1 amide bonds. The molecule has 300 valence electrons. The number of nitrogens with two attached hydrogens (primary N) is 1. The van der Waals surface area contributed by atoms with Gasteiger partial charge in [0.2, 0.25) is 5.91 Å². The lowest BCUT2D eigenvalue weighted by Gasteiger charge is -2.18. The van der Waals surface area contributed by atoms with Crippen LogP contribution in [0.5, 0.6) is 0 Å². The molecule has 7 heteroatoms. The van der Waals surface area contributed by atoms with Crippen molar-refractivity contribution in [3.05, 3.63) is 12.2 Å². The van der Waals surface area contributed by atoms with Gasteiger partial charge in [0.1, 0.15) is 12.1 Å². The highest BCUT2D eigenvalue weighted by molar-refractivity contribution is 5.83. The molecule has 0 aromatic heterocycles. The molecule has 0 radical (unpaired) electrons. The number of hydrogen-bond donors (Lipinski definition) is 3. The lowest BCUT2D eigenvalue weighted by atomic mass is 10.0. The first-order valence-electron chi connectivity index (χ1n) is 22.0. The van der Waals surface area contributed by atoms with E-state index < -0.39 is 12.0 Å². The van der Waals surface area contributed by atoms with E-state index in [4.69, 9.17) is 10.5 Å². The summed E-state index contributed by atoms with van der Waals surface area (Å²) in [5.74, 6) is -1.24. The highest BCUT2D eigenvalue weighted by Crippen LogP contribution is 2.18. The number of hydrogen-bond acceptors (Lipinski definition) is 5. The first-order valence-corrected chi connectivity index (χ1v) is 22.0. The summed E-state index contributed by atoms with van der Waals surface area (Å²) < 4.78 is 6.03. The Bertz CT molecular complexity index is 817. The molecule has 0 bridgehead atoms. The van der Waals surface area contributed by atoms with Crippen molar-refractivity contribution < 1.29 is 24.2 Å². The zero-order valence-electron chi connectivity index (χ0n) is 33.7. The van der Waals surface area contributed by atoms with Gasteiger partial charge in [0.25, 0.3) is 0 Å². The number of carboxylic acids is 1. The van der Waals surface area contributed by atoms with Crippen LogP contribution in [-0.4, -0.2) is 41.6 Å². The number of aliphatic carboxylic acids is 1. The van der Waals surface area contributed by atoms with Crippen LogP contribution >= 0.6 is 0 Å². The zero-order valence-corrected chi connectivity index (χ0v) is 33.7. The summed E-state index contributed by atoms with van der Waals surface area (Å²) in [5.41, 5.74) is 5.48. The van der Waals surface area contributed by atoms with E-state index in [9.17, 15) is 19.5 Å². The number of amides is 1. The van der Waals surface area contributed by atoms with Crippen LogP contribution in [0, 0.1) is 0 Å². The number of unbranched alkanes of at least 4 members (excludes halogenated alkanes) is 24. The van der Waals surface area contributed by atoms with Gasteiger partial charge in [0.15, 0.2) is 0 Å². The molecule has 0 saturated heterocycles. The lowest BCUT2D eigenvalue weighted by molar-refractivity contribution is -0.150. The Kier molecular flexibility index (Phi) is 37.9. The molecule has 7 nitrogen and oxygen atoms in total. The Balaban J connectivity index is 4.30. The normalized spacial score (nSPS) is 12.7. The van der Waals surface area contributed by atoms with Gasteiger partial charge in [-0.2, -0.15) is 0 Å². The minimum atomic E-state index is -1.00. The summed E-state index contributed by atoms with van der Waals surface area (Å²) in [6.07, 6.45) is 42.5. The smallest absolute Gasteiger partial charge is 0.326 e. The molecule has 0 aliphatic rings. The Hall–Kier alpha value is -1.89. The van der Waals surface area contributed by atoms with Gasteiger partial charge in [-0.05, 0) is 77.2 Å². The van der Waals surface area contributed by atoms with Gasteiger partial charge in [-0.1, -0.05) is 161 Å². The molecular formula is C44H84N2O5. The number of carbonyl (C=O) groups is 3. The second kappa shape index (κ2) is 39.3. The first-order chi connectivity index (χ1) is 24.9. The number of carbonyl (C=O) groups excluding carboxylic acids is 2. The van der Waals surface area contributed by atoms with Crippen LogP contribution in [-0.2, 0) is 19.1 Å². The molecule has 0 aromatic rings. The molecule has 0 fully saturated rings. The quantitative estimate of drug-likeness (QED) is 0.0329. The zero-order chi connectivity index (χ0) is 37.5. The third-order valence-electron chi connectivity index (χ3n) is 10.1. The van der Waals surface area contributed by atoms with E-state index in [0.29, 0.717) is 32.2 Å². The van der Waals surface area contributed by atoms with Crippen molar-refractivity contribution in [3.63, 3.8) is 0 Å². The predicted octanol–water partition coefficient (Wildman–Crippen LogP) is 12.3. The Labute approximate surface area is 315 Å². The van der Waals surface area contributed by atoms with Crippen LogP contribution in [0.3, 0.4) is 0 Å². The molecule has 0 rings (SSSR count). The van der Waals surface area contributed by atoms with Gasteiger partial charge in [-0.3, -0.25) is 9.59 Å². The molecular weight excluding hydrogens is 636 g/mol. The fourth-order valence-electron chi connectivity index (χ4n) is 6.75. The van der Waals surface area contributed by atoms with E-state index in [1.165, 1.54) is 122 Å². The summed E-state index contributed by atoms with van der Waals surface area (Å²) in [7, 11) is 0. The molecule has 2 unspecified atom stereocenters. The number of esters is 1. The fourth-order valence-corrected chi connectivity index (χ4v) is 6.75. The number of rotatable bonds is 40. The predicted molar refractivity (Wildman–Crippen MR) is 216 cm³/mol. The van der Waals surface area contributed by atoms with Crippen LogP contribution in [0.4, 0.5) is 0 Å². The van der Waals surface area contributed by atoms with Crippen molar-refractivity contribution in [1.82, 2.24) is 5.32 Å². The van der Waals surface area contributed by atoms with Gasteiger partial charge in [0, 0.05) is 12.8 Å². The van der Waals surface area contributed by atoms with Crippen molar-refractivity contribution in [3.8, 4) is 0 Å². The Morgan fingerprint density at radius 1 is 0.549 bits per heavy atom. The minimum Gasteiger partial charge on any atom is -0.480 e. The van der Waals surface area contributed by atoms with Gasteiger partial charge in [-0.15, -0.1) is 0 Å². The fraction of sp³-hybridized carbons (Fsp3) is 0.886. The summed E-state index contributed by atoms with van der Waals surface area (Å²) in [5, 5.41) is 11.9. The van der Waals surface area contributed by atoms with E-state index in [0.717, 1.165) is 70.6 Å². The average molecular weight is 721 g/mol. The minimum absolute atomic E-state index is 0.0108. The van der Waals surface area contributed by atoms with Crippen molar-refractivity contribution in [1.29, 1.82) is 0 Å². The molecule has 4 N–H and O–H groups in total. The monoisotopic (exact) mass is 721 g/mol. The molecule has 2 atom stereocenters. The second-order valence-electron chi connectivity index (χ2n) is 15.1. The largest absolute Gasteiger partial charge is 0.480 e. The van der Waals surface area contributed by atoms with Gasteiger partial charge in [-0.25, -0.2) is 4.79 Å². The molecule has 51 heavy (non-hydrogen) atoms. The number of nitrogens with one attached hydrogen (secondary N) is 1. The standard InChI is InChI=1S/C44H84N2O5/c1-3-5-7-9-11-13-15-16-17-19-21-23-28-32-38-43(48)51-40(34-29-25-22-20-18-14-12-10-8-6-4-2)35-30-26-24-27-31-37-42(47)46-41(44(49)50)36-33-39-45/h20,22,40-41H,3-19,21,23-39,45H2,1-2H3,(H,46,47)(H,49,50)/b22-20-. The van der Waals surface area contributed by atoms with Crippen molar-refractivity contribution in [2.45, 2.75) is 244 Å². The van der Waals surface area contributed by atoms with E-state index in [-0.39, 0.29) is 18.0 Å². The van der Waals surface area contributed by atoms with Crippen LogP contribution < -0.4 is 11.1 Å². The van der Waals surface area contributed by atoms with Gasteiger partial charge >= 0.3 is 11.9 Å². The van der Waals surface area contributed by atoms with E-state index in [1.807, 2.05) is 0 Å². The van der Waals surface area contributed by atoms with Crippen LogP contribution in [0.2, 0.25) is 0 Å². The summed E-state index contributed by atoms with van der Waals surface area (Å²) in [6, 6.07) is -0.856. The van der Waals surface area contributed by atoms with Crippen molar-refractivity contribution >= 4 is 17.8 Å². The van der Waals surface area contributed by atoms with Crippen molar-refractivity contribution in [2.75, 3.05) is 6.54 Å². The molecule has 0 heterocycles. The highest BCUT2D eigenvalue weighted by Gasteiger charge is 2.19. The van der Waals surface area contributed by atoms with E-state index in [1.54, 1.807) is 0 Å². The van der Waals surface area contributed by atoms with Crippen LogP contribution in [0.15, 0.2) is 12.2 Å². The summed E-state index contributed by atoms with van der Waals surface area (Å²) in [6.45, 7) is 4.95. The molecule has 0 aromatic carbocycles. The Morgan fingerprint density at radius 2 is 0.980 bits per heavy atom. The SMILES string of the molecule is CCCCCCCC/C=C\CCCC(CCCCCCCC(=O)NC(CCCN)C(=O)O)OC(=O)CCCCCCCCCCCCCCCC. The second-order valence-corrected chi connectivity index (χ2v) is 15.1. The van der Waals surface area contributed by atoms with Crippen LogP contribution in [0.25, 0.3) is 0 Å². The van der Waals surface area contributed by atoms with E-state index in [2.05, 4.69) is 31.3 Å². The first kappa shape index (κ1) is 49.1. The highest BCUT2D eigenvalue weighted by atomic mass is 16.5. The molecule has 0 aliphatic heterocycles. The third kappa shape index (κ3) is 36.3. The summed E-state index contributed by atoms with van der Waals surface area (Å²) in [4.78, 5) is 36.3. The van der Waals surface area contributed by atoms with E-state index >= 15 is 0 Å². The molecule has 0 spiro atoms. The number of allylic oxidation sites excluding steroid dienone is 2. The molecule has 0 saturated carbocycles. The van der Waals surface area contributed by atoms with Crippen molar-refractivity contribution in [2.24, 2.45) is 5.73 Å².